The van der Waals surface area contributed by atoms with Gasteiger partial charge in [0.15, 0.2) is 0 Å². The number of hydrogen-bond donors (Lipinski definition) is 0. The molecule has 2 aromatic rings. The fraction of sp³-hybridized carbons (Fsp3) is 0.176. The van der Waals surface area contributed by atoms with E-state index in [2.05, 4.69) is 60.0 Å². The van der Waals surface area contributed by atoms with Gasteiger partial charge >= 0.3 is 0 Å². The molecule has 0 atom stereocenters. The second kappa shape index (κ2) is 10.4. The van der Waals surface area contributed by atoms with Gasteiger partial charge in [0.1, 0.15) is 0 Å². The second-order valence-electron chi connectivity index (χ2n) is 4.28. The highest BCUT2D eigenvalue weighted by Crippen LogP contribution is 2.17. The highest BCUT2D eigenvalue weighted by atomic mass is 35.5. The molecule has 19 heavy (non-hydrogen) atoms. The maximum absolute atomic E-state index is 3.56. The van der Waals surface area contributed by atoms with Crippen molar-refractivity contribution in [3.8, 4) is 11.1 Å². The summed E-state index contributed by atoms with van der Waals surface area (Å²) in [6.07, 6.45) is 1.88. The van der Waals surface area contributed by atoms with E-state index in [0.717, 1.165) is 6.54 Å². The molecule has 0 radical (unpaired) electrons. The highest BCUT2D eigenvalue weighted by Gasteiger charge is 1.91. The lowest BCUT2D eigenvalue weighted by Gasteiger charge is -2.01. The van der Waals surface area contributed by atoms with Crippen LogP contribution in [0.2, 0.25) is 0 Å². The van der Waals surface area contributed by atoms with Gasteiger partial charge in [-0.1, -0.05) is 66.7 Å². The largest absolute Gasteiger partial charge is 0.306 e. The quantitative estimate of drug-likeness (QED) is 0.745. The fourth-order valence-corrected chi connectivity index (χ4v) is 1.52. The van der Waals surface area contributed by atoms with Crippen molar-refractivity contribution in [2.45, 2.75) is 0 Å². The van der Waals surface area contributed by atoms with Gasteiger partial charge in [-0.2, -0.15) is 0 Å². The van der Waals surface area contributed by atoms with Crippen molar-refractivity contribution in [1.82, 2.24) is 4.90 Å². The molecule has 0 N–H and O–H groups in total. The number of rotatable bonds is 3. The third kappa shape index (κ3) is 7.45. The summed E-state index contributed by atoms with van der Waals surface area (Å²) in [7, 11) is 4.03. The first-order valence-corrected chi connectivity index (χ1v) is 6.10. The molecule has 0 unspecified atom stereocenters. The number of nitrogens with zero attached hydrogens (tertiary/aromatic N) is 1. The van der Waals surface area contributed by atoms with Gasteiger partial charge in [0, 0.05) is 6.54 Å². The van der Waals surface area contributed by atoms with E-state index in [1.807, 2.05) is 32.3 Å². The first-order valence-electron chi connectivity index (χ1n) is 6.10. The first-order chi connectivity index (χ1) is 8.74. The van der Waals surface area contributed by atoms with Gasteiger partial charge in [-0.25, -0.2) is 0 Å². The number of benzene rings is 2. The number of likely N-dealkylation sites (N-methyl/N-ethyl adjacent to an activating group) is 1. The normalized spacial score (nSPS) is 9.00. The summed E-state index contributed by atoms with van der Waals surface area (Å²) in [4.78, 5) is 2.06. The Morgan fingerprint density at radius 3 is 1.42 bits per heavy atom. The van der Waals surface area contributed by atoms with Crippen LogP contribution in [0.5, 0.6) is 0 Å². The van der Waals surface area contributed by atoms with Crippen molar-refractivity contribution < 1.29 is 0 Å². The molecule has 0 heterocycles. The number of halogens is 1. The van der Waals surface area contributed by atoms with E-state index in [1.165, 1.54) is 11.1 Å². The lowest BCUT2D eigenvalue weighted by Crippen LogP contribution is -2.09. The maximum Gasteiger partial charge on any atom is 0.0154 e. The van der Waals surface area contributed by atoms with E-state index in [4.69, 9.17) is 0 Å². The van der Waals surface area contributed by atoms with Gasteiger partial charge in [-0.3, -0.25) is 0 Å². The number of hydrogen-bond acceptors (Lipinski definition) is 1. The van der Waals surface area contributed by atoms with Crippen LogP contribution in [0.15, 0.2) is 73.3 Å². The molecule has 0 bridgehead atoms. The van der Waals surface area contributed by atoms with Crippen LogP contribution in [0, 0.1) is 0 Å². The van der Waals surface area contributed by atoms with E-state index in [0.29, 0.717) is 0 Å². The smallest absolute Gasteiger partial charge is 0.0154 e. The van der Waals surface area contributed by atoms with Crippen molar-refractivity contribution in [2.24, 2.45) is 0 Å². The van der Waals surface area contributed by atoms with Crippen molar-refractivity contribution in [3.05, 3.63) is 73.3 Å². The molecule has 0 saturated carbocycles. The van der Waals surface area contributed by atoms with E-state index in [9.17, 15) is 0 Å². The van der Waals surface area contributed by atoms with Crippen LogP contribution in [0.4, 0.5) is 0 Å². The van der Waals surface area contributed by atoms with Crippen LogP contribution >= 0.6 is 12.4 Å². The lowest BCUT2D eigenvalue weighted by atomic mass is 10.1. The Morgan fingerprint density at radius 1 is 0.842 bits per heavy atom. The summed E-state index contributed by atoms with van der Waals surface area (Å²) in [6, 6.07) is 20.8. The summed E-state index contributed by atoms with van der Waals surface area (Å²) in [6.45, 7) is 4.53. The average molecular weight is 276 g/mol. The average Bonchev–Trinajstić information content (AvgIpc) is 2.41. The van der Waals surface area contributed by atoms with E-state index < -0.39 is 0 Å². The van der Waals surface area contributed by atoms with E-state index in [-0.39, 0.29) is 12.4 Å². The third-order valence-electron chi connectivity index (χ3n) is 2.38. The van der Waals surface area contributed by atoms with Gasteiger partial charge in [0.25, 0.3) is 0 Å². The predicted octanol–water partition coefficient (Wildman–Crippen LogP) is 4.51. The molecule has 2 rings (SSSR count). The Morgan fingerprint density at radius 2 is 1.21 bits per heavy atom. The summed E-state index contributed by atoms with van der Waals surface area (Å²) >= 11 is 0. The van der Waals surface area contributed by atoms with Crippen molar-refractivity contribution in [1.29, 1.82) is 0 Å². The molecule has 0 fully saturated rings. The minimum absolute atomic E-state index is 0. The van der Waals surface area contributed by atoms with Crippen molar-refractivity contribution in [3.63, 3.8) is 0 Å². The molecular formula is C17H22ClN. The summed E-state index contributed by atoms with van der Waals surface area (Å²) in [5, 5.41) is 0. The minimum Gasteiger partial charge on any atom is -0.306 e. The Bertz CT molecular complexity index is 400. The van der Waals surface area contributed by atoms with Crippen LogP contribution < -0.4 is 0 Å². The van der Waals surface area contributed by atoms with Gasteiger partial charge in [0.2, 0.25) is 0 Å². The minimum atomic E-state index is 0. The highest BCUT2D eigenvalue weighted by molar-refractivity contribution is 5.85. The molecule has 2 heteroatoms. The summed E-state index contributed by atoms with van der Waals surface area (Å²) in [5.41, 5.74) is 2.55. The van der Waals surface area contributed by atoms with Crippen molar-refractivity contribution in [2.75, 3.05) is 20.6 Å². The molecule has 0 saturated heterocycles. The van der Waals surface area contributed by atoms with Crippen LogP contribution in [0.1, 0.15) is 0 Å². The van der Waals surface area contributed by atoms with Gasteiger partial charge in [0.05, 0.1) is 0 Å². The molecule has 0 spiro atoms. The van der Waals surface area contributed by atoms with Crippen LogP contribution in [-0.2, 0) is 0 Å². The summed E-state index contributed by atoms with van der Waals surface area (Å²) < 4.78 is 0. The molecule has 1 nitrogen and oxygen atoms in total. The Labute approximate surface area is 123 Å². The zero-order chi connectivity index (χ0) is 13.2. The van der Waals surface area contributed by atoms with E-state index in [1.54, 1.807) is 0 Å². The topological polar surface area (TPSA) is 3.24 Å². The molecule has 0 amide bonds. The Kier molecular flexibility index (Phi) is 9.51. The van der Waals surface area contributed by atoms with Crippen LogP contribution in [0.3, 0.4) is 0 Å². The Balaban J connectivity index is 0.000000404. The maximum atomic E-state index is 3.56. The Hall–Kier alpha value is -1.57. The van der Waals surface area contributed by atoms with Gasteiger partial charge in [-0.05, 0) is 25.2 Å². The molecule has 0 aliphatic rings. The van der Waals surface area contributed by atoms with Crippen LogP contribution in [-0.4, -0.2) is 25.5 Å². The van der Waals surface area contributed by atoms with Gasteiger partial charge in [-0.15, -0.1) is 19.0 Å². The lowest BCUT2D eigenvalue weighted by molar-refractivity contribution is 0.457. The third-order valence-corrected chi connectivity index (χ3v) is 2.38. The van der Waals surface area contributed by atoms with Gasteiger partial charge < -0.3 is 4.90 Å². The second-order valence-corrected chi connectivity index (χ2v) is 4.28. The molecule has 2 aromatic carbocycles. The zero-order valence-corrected chi connectivity index (χ0v) is 12.4. The zero-order valence-electron chi connectivity index (χ0n) is 11.6. The molecule has 0 aromatic heterocycles. The first kappa shape index (κ1) is 17.4. The SMILES string of the molecule is C=CCN(C)C.Cl.c1ccc(-c2ccccc2)cc1. The van der Waals surface area contributed by atoms with E-state index >= 15 is 0 Å². The molecule has 0 aliphatic heterocycles. The van der Waals surface area contributed by atoms with Crippen LogP contribution in [0.25, 0.3) is 11.1 Å². The summed E-state index contributed by atoms with van der Waals surface area (Å²) in [5.74, 6) is 0. The predicted molar refractivity (Wildman–Crippen MR) is 87.9 cm³/mol. The fourth-order valence-electron chi connectivity index (χ4n) is 1.52. The standard InChI is InChI=1S/C12H10.C5H11N.ClH/c1-3-7-11(8-4-1)12-9-5-2-6-10-12;1-4-5-6(2)3;/h1-10H;4H,1,5H2,2-3H3;1H. The molecule has 0 aliphatic carbocycles. The monoisotopic (exact) mass is 275 g/mol. The van der Waals surface area contributed by atoms with Crippen molar-refractivity contribution >= 4 is 12.4 Å². The molecule has 102 valence electrons. The molecular weight excluding hydrogens is 254 g/mol.